The van der Waals surface area contributed by atoms with Gasteiger partial charge < -0.3 is 10.0 Å². The van der Waals surface area contributed by atoms with Crippen molar-refractivity contribution in [3.63, 3.8) is 0 Å². The van der Waals surface area contributed by atoms with Crippen molar-refractivity contribution in [3.05, 3.63) is 51.5 Å². The van der Waals surface area contributed by atoms with Crippen molar-refractivity contribution >= 4 is 17.2 Å². The highest BCUT2D eigenvalue weighted by Gasteiger charge is 2.33. The van der Waals surface area contributed by atoms with Crippen LogP contribution in [0.5, 0.6) is 0 Å². The number of carbonyl (C=O) groups is 1. The van der Waals surface area contributed by atoms with Gasteiger partial charge in [-0.3, -0.25) is 9.78 Å². The first-order valence-corrected chi connectivity index (χ1v) is 8.39. The maximum atomic E-state index is 12.6. The normalized spacial score (nSPS) is 21.9. The summed E-state index contributed by atoms with van der Waals surface area (Å²) >= 11 is 1.69. The van der Waals surface area contributed by atoms with E-state index in [1.165, 1.54) is 10.4 Å². The standard InChI is InChI=1S/C17H20N2O2S/c1-11-4-3-7-18-15(11)17(21)19-8-5-13(14(20)10-19)16-12(2)6-9-22-16/h3-4,6-7,9,13-14,20H,5,8,10H2,1-2H3/t13-,14-/m1/s1. The van der Waals surface area contributed by atoms with Crippen LogP contribution in [0.15, 0.2) is 29.8 Å². The second kappa shape index (κ2) is 6.18. The van der Waals surface area contributed by atoms with Gasteiger partial charge in [-0.15, -0.1) is 11.3 Å². The number of aliphatic hydroxyl groups is 1. The van der Waals surface area contributed by atoms with Gasteiger partial charge in [-0.2, -0.15) is 0 Å². The van der Waals surface area contributed by atoms with Crippen LogP contribution in [0.1, 0.15) is 38.8 Å². The van der Waals surface area contributed by atoms with E-state index < -0.39 is 6.10 Å². The molecule has 1 N–H and O–H groups in total. The van der Waals surface area contributed by atoms with Crippen LogP contribution in [0.2, 0.25) is 0 Å². The Morgan fingerprint density at radius 1 is 1.36 bits per heavy atom. The topological polar surface area (TPSA) is 53.4 Å². The molecule has 1 fully saturated rings. The molecule has 1 aliphatic heterocycles. The molecule has 22 heavy (non-hydrogen) atoms. The molecule has 1 aliphatic rings. The summed E-state index contributed by atoms with van der Waals surface area (Å²) in [4.78, 5) is 19.7. The molecule has 1 amide bonds. The number of nitrogens with zero attached hydrogens (tertiary/aromatic N) is 2. The Labute approximate surface area is 134 Å². The van der Waals surface area contributed by atoms with Gasteiger partial charge in [0, 0.05) is 30.1 Å². The van der Waals surface area contributed by atoms with Crippen LogP contribution in [-0.4, -0.2) is 40.1 Å². The number of likely N-dealkylation sites (tertiary alicyclic amines) is 1. The molecule has 3 heterocycles. The van der Waals surface area contributed by atoms with Crippen LogP contribution in [0.25, 0.3) is 0 Å². The fraction of sp³-hybridized carbons (Fsp3) is 0.412. The van der Waals surface area contributed by atoms with Gasteiger partial charge in [0.25, 0.3) is 5.91 Å². The van der Waals surface area contributed by atoms with Crippen LogP contribution in [-0.2, 0) is 0 Å². The Balaban J connectivity index is 1.74. The van der Waals surface area contributed by atoms with Crippen molar-refractivity contribution in [1.29, 1.82) is 0 Å². The van der Waals surface area contributed by atoms with Gasteiger partial charge in [0.2, 0.25) is 0 Å². The third-order valence-corrected chi connectivity index (χ3v) is 5.47. The van der Waals surface area contributed by atoms with E-state index in [1.807, 2.05) is 19.1 Å². The van der Waals surface area contributed by atoms with E-state index in [1.54, 1.807) is 22.4 Å². The maximum Gasteiger partial charge on any atom is 0.272 e. The largest absolute Gasteiger partial charge is 0.391 e. The minimum Gasteiger partial charge on any atom is -0.391 e. The predicted octanol–water partition coefficient (Wildman–Crippen LogP) is 2.75. The summed E-state index contributed by atoms with van der Waals surface area (Å²) in [5.74, 6) is 0.0485. The molecule has 5 heteroatoms. The van der Waals surface area contributed by atoms with Crippen molar-refractivity contribution < 1.29 is 9.90 Å². The molecule has 1 saturated heterocycles. The zero-order valence-electron chi connectivity index (χ0n) is 12.8. The van der Waals surface area contributed by atoms with Gasteiger partial charge >= 0.3 is 0 Å². The molecule has 0 saturated carbocycles. The molecule has 0 bridgehead atoms. The van der Waals surface area contributed by atoms with Crippen molar-refractivity contribution in [1.82, 2.24) is 9.88 Å². The number of aromatic nitrogens is 1. The van der Waals surface area contributed by atoms with E-state index in [2.05, 4.69) is 23.4 Å². The number of rotatable bonds is 2. The number of aryl methyl sites for hydroxylation is 2. The summed E-state index contributed by atoms with van der Waals surface area (Å²) < 4.78 is 0. The molecule has 0 aliphatic carbocycles. The van der Waals surface area contributed by atoms with E-state index in [9.17, 15) is 9.90 Å². The molecule has 0 spiro atoms. The van der Waals surface area contributed by atoms with E-state index in [4.69, 9.17) is 0 Å². The Morgan fingerprint density at radius 3 is 2.82 bits per heavy atom. The highest BCUT2D eigenvalue weighted by atomic mass is 32.1. The van der Waals surface area contributed by atoms with E-state index >= 15 is 0 Å². The van der Waals surface area contributed by atoms with Crippen LogP contribution in [0.4, 0.5) is 0 Å². The highest BCUT2D eigenvalue weighted by Crippen LogP contribution is 2.34. The molecule has 4 nitrogen and oxygen atoms in total. The summed E-state index contributed by atoms with van der Waals surface area (Å²) in [6, 6.07) is 5.80. The van der Waals surface area contributed by atoms with Crippen molar-refractivity contribution in [2.45, 2.75) is 32.3 Å². The number of hydrogen-bond donors (Lipinski definition) is 1. The van der Waals surface area contributed by atoms with Crippen molar-refractivity contribution in [2.75, 3.05) is 13.1 Å². The summed E-state index contributed by atoms with van der Waals surface area (Å²) in [6.07, 6.45) is 1.91. The van der Waals surface area contributed by atoms with Gasteiger partial charge in [0.1, 0.15) is 5.69 Å². The van der Waals surface area contributed by atoms with Crippen LogP contribution in [0, 0.1) is 13.8 Å². The van der Waals surface area contributed by atoms with Gasteiger partial charge in [0.15, 0.2) is 0 Å². The number of hydrogen-bond acceptors (Lipinski definition) is 4. The molecule has 0 radical (unpaired) electrons. The van der Waals surface area contributed by atoms with Gasteiger partial charge in [-0.1, -0.05) is 6.07 Å². The molecular weight excluding hydrogens is 296 g/mol. The first kappa shape index (κ1) is 15.2. The lowest BCUT2D eigenvalue weighted by atomic mass is 9.90. The number of amides is 1. The van der Waals surface area contributed by atoms with Crippen LogP contribution < -0.4 is 0 Å². The summed E-state index contributed by atoms with van der Waals surface area (Å²) in [5, 5.41) is 12.6. The van der Waals surface area contributed by atoms with Gasteiger partial charge in [-0.05, 0) is 48.9 Å². The lowest BCUT2D eigenvalue weighted by Gasteiger charge is -2.36. The summed E-state index contributed by atoms with van der Waals surface area (Å²) in [6.45, 7) is 5.00. The monoisotopic (exact) mass is 316 g/mol. The molecule has 2 aromatic rings. The highest BCUT2D eigenvalue weighted by molar-refractivity contribution is 7.10. The number of β-amino-alcohol motifs (C(OH)–C–C–N with tert-alkyl or cyclic N) is 1. The SMILES string of the molecule is Cc1cccnc1C(=O)N1CC[C@@H](c2sccc2C)[C@H](O)C1. The Kier molecular flexibility index (Phi) is 4.27. The molecule has 3 rings (SSSR count). The first-order valence-electron chi connectivity index (χ1n) is 7.51. The minimum atomic E-state index is -0.515. The van der Waals surface area contributed by atoms with Crippen LogP contribution in [0.3, 0.4) is 0 Å². The van der Waals surface area contributed by atoms with Gasteiger partial charge in [0.05, 0.1) is 6.10 Å². The van der Waals surface area contributed by atoms with Crippen molar-refractivity contribution in [2.24, 2.45) is 0 Å². The van der Waals surface area contributed by atoms with E-state index in [0.717, 1.165) is 12.0 Å². The molecule has 0 aromatic carbocycles. The third kappa shape index (κ3) is 2.78. The quantitative estimate of drug-likeness (QED) is 0.927. The van der Waals surface area contributed by atoms with Crippen molar-refractivity contribution in [3.8, 4) is 0 Å². The second-order valence-corrected chi connectivity index (χ2v) is 6.80. The predicted molar refractivity (Wildman–Crippen MR) is 87.3 cm³/mol. The summed E-state index contributed by atoms with van der Waals surface area (Å²) in [7, 11) is 0. The zero-order valence-corrected chi connectivity index (χ0v) is 13.6. The summed E-state index contributed by atoms with van der Waals surface area (Å²) in [5.41, 5.74) is 2.59. The Hall–Kier alpha value is -1.72. The lowest BCUT2D eigenvalue weighted by molar-refractivity contribution is 0.0382. The smallest absolute Gasteiger partial charge is 0.272 e. The average Bonchev–Trinajstić information content (AvgIpc) is 2.93. The Bertz CT molecular complexity index is 683. The fourth-order valence-electron chi connectivity index (χ4n) is 3.05. The number of carbonyl (C=O) groups excluding carboxylic acids is 1. The molecule has 116 valence electrons. The number of pyridine rings is 1. The third-order valence-electron chi connectivity index (χ3n) is 4.32. The molecular formula is C17H20N2O2S. The maximum absolute atomic E-state index is 12.6. The molecule has 2 aromatic heterocycles. The lowest BCUT2D eigenvalue weighted by Crippen LogP contribution is -2.46. The molecule has 0 unspecified atom stereocenters. The molecule has 2 atom stereocenters. The minimum absolute atomic E-state index is 0.0847. The fourth-order valence-corrected chi connectivity index (χ4v) is 4.17. The van der Waals surface area contributed by atoms with E-state index in [-0.39, 0.29) is 11.8 Å². The number of aliphatic hydroxyl groups excluding tert-OH is 1. The van der Waals surface area contributed by atoms with E-state index in [0.29, 0.717) is 18.8 Å². The zero-order chi connectivity index (χ0) is 15.7. The Morgan fingerprint density at radius 2 is 2.18 bits per heavy atom. The van der Waals surface area contributed by atoms with Gasteiger partial charge in [-0.25, -0.2) is 0 Å². The van der Waals surface area contributed by atoms with Crippen LogP contribution >= 0.6 is 11.3 Å². The second-order valence-electron chi connectivity index (χ2n) is 5.85. The first-order chi connectivity index (χ1) is 10.6. The number of thiophene rings is 1. The number of piperidine rings is 1. The average molecular weight is 316 g/mol.